The van der Waals surface area contributed by atoms with E-state index in [0.717, 1.165) is 24.8 Å². The second kappa shape index (κ2) is 10.7. The minimum absolute atomic E-state index is 0.0575. The van der Waals surface area contributed by atoms with Crippen LogP contribution in [0.2, 0.25) is 0 Å². The van der Waals surface area contributed by atoms with E-state index in [1.165, 1.54) is 4.90 Å². The molecule has 0 aliphatic carbocycles. The maximum absolute atomic E-state index is 12.3. The Hall–Kier alpha value is -2.04. The lowest BCUT2D eigenvalue weighted by Gasteiger charge is -2.28. The first-order chi connectivity index (χ1) is 11.5. The highest BCUT2D eigenvalue weighted by Gasteiger charge is 2.32. The van der Waals surface area contributed by atoms with E-state index >= 15 is 0 Å². The normalized spacial score (nSPS) is 11.9. The number of ether oxygens (including phenoxy) is 2. The predicted octanol–water partition coefficient (Wildman–Crippen LogP) is 4.01. The third-order valence-electron chi connectivity index (χ3n) is 3.78. The summed E-state index contributed by atoms with van der Waals surface area (Å²) in [7, 11) is 1.57. The minimum Gasteiger partial charge on any atom is -0.464 e. The van der Waals surface area contributed by atoms with Crippen molar-refractivity contribution in [1.29, 1.82) is 0 Å². The number of esters is 1. The molecule has 1 amide bonds. The molecule has 24 heavy (non-hydrogen) atoms. The zero-order chi connectivity index (χ0) is 17.9. The monoisotopic (exact) mass is 335 g/mol. The van der Waals surface area contributed by atoms with Crippen LogP contribution in [0, 0.1) is 5.92 Å². The van der Waals surface area contributed by atoms with E-state index < -0.39 is 12.1 Å². The zero-order valence-electron chi connectivity index (χ0n) is 15.2. The van der Waals surface area contributed by atoms with Gasteiger partial charge in [-0.05, 0) is 17.9 Å². The SMILES string of the molecule is CCCCCOC(=O)C(C(C)C)N(C)C(=O)OCc1ccccc1. The van der Waals surface area contributed by atoms with Gasteiger partial charge in [-0.15, -0.1) is 0 Å². The molecule has 0 bridgehead atoms. The summed E-state index contributed by atoms with van der Waals surface area (Å²) in [5.41, 5.74) is 0.905. The van der Waals surface area contributed by atoms with Crippen LogP contribution >= 0.6 is 0 Å². The van der Waals surface area contributed by atoms with E-state index in [-0.39, 0.29) is 18.5 Å². The van der Waals surface area contributed by atoms with Gasteiger partial charge < -0.3 is 9.47 Å². The molecule has 0 spiro atoms. The molecular formula is C19H29NO4. The fourth-order valence-corrected chi connectivity index (χ4v) is 2.42. The van der Waals surface area contributed by atoms with Crippen molar-refractivity contribution in [1.82, 2.24) is 4.90 Å². The largest absolute Gasteiger partial charge is 0.464 e. The molecule has 0 saturated heterocycles. The third kappa shape index (κ3) is 6.60. The number of likely N-dealkylation sites (N-methyl/N-ethyl adjacent to an activating group) is 1. The van der Waals surface area contributed by atoms with Crippen molar-refractivity contribution in [2.24, 2.45) is 5.92 Å². The summed E-state index contributed by atoms with van der Waals surface area (Å²) in [4.78, 5) is 25.9. The van der Waals surface area contributed by atoms with Crippen LogP contribution in [0.3, 0.4) is 0 Å². The lowest BCUT2D eigenvalue weighted by molar-refractivity contribution is -0.150. The van der Waals surface area contributed by atoms with Crippen LogP contribution in [-0.4, -0.2) is 36.7 Å². The molecule has 0 heterocycles. The number of amides is 1. The molecule has 0 radical (unpaired) electrons. The predicted molar refractivity (Wildman–Crippen MR) is 93.5 cm³/mol. The number of hydrogen-bond donors (Lipinski definition) is 0. The summed E-state index contributed by atoms with van der Waals surface area (Å²) in [5, 5.41) is 0. The molecule has 1 atom stereocenters. The van der Waals surface area contributed by atoms with Crippen molar-refractivity contribution in [3.05, 3.63) is 35.9 Å². The van der Waals surface area contributed by atoms with Gasteiger partial charge in [0.1, 0.15) is 12.6 Å². The molecule has 1 aromatic carbocycles. The van der Waals surface area contributed by atoms with Gasteiger partial charge in [0.15, 0.2) is 0 Å². The van der Waals surface area contributed by atoms with Crippen molar-refractivity contribution < 1.29 is 19.1 Å². The Morgan fingerprint density at radius 3 is 2.33 bits per heavy atom. The number of carbonyl (C=O) groups is 2. The highest BCUT2D eigenvalue weighted by Crippen LogP contribution is 2.14. The molecule has 0 fully saturated rings. The molecule has 134 valence electrons. The minimum atomic E-state index is -0.644. The Bertz CT molecular complexity index is 501. The summed E-state index contributed by atoms with van der Waals surface area (Å²) in [5.74, 6) is -0.432. The van der Waals surface area contributed by atoms with Gasteiger partial charge in [-0.2, -0.15) is 0 Å². The van der Waals surface area contributed by atoms with E-state index in [2.05, 4.69) is 6.92 Å². The van der Waals surface area contributed by atoms with Crippen molar-refractivity contribution in [3.8, 4) is 0 Å². The van der Waals surface area contributed by atoms with Gasteiger partial charge in [-0.1, -0.05) is 63.9 Å². The molecule has 5 nitrogen and oxygen atoms in total. The number of nitrogens with zero attached hydrogens (tertiary/aromatic N) is 1. The first-order valence-corrected chi connectivity index (χ1v) is 8.57. The van der Waals surface area contributed by atoms with Crippen molar-refractivity contribution in [2.75, 3.05) is 13.7 Å². The number of hydrogen-bond acceptors (Lipinski definition) is 4. The van der Waals surface area contributed by atoms with E-state index in [9.17, 15) is 9.59 Å². The van der Waals surface area contributed by atoms with Crippen molar-refractivity contribution in [3.63, 3.8) is 0 Å². The van der Waals surface area contributed by atoms with Gasteiger partial charge in [0, 0.05) is 7.05 Å². The molecule has 0 N–H and O–H groups in total. The average molecular weight is 335 g/mol. The second-order valence-corrected chi connectivity index (χ2v) is 6.21. The Morgan fingerprint density at radius 1 is 1.08 bits per heavy atom. The van der Waals surface area contributed by atoms with E-state index in [1.54, 1.807) is 7.05 Å². The summed E-state index contributed by atoms with van der Waals surface area (Å²) < 4.78 is 10.6. The number of benzene rings is 1. The first-order valence-electron chi connectivity index (χ1n) is 8.57. The van der Waals surface area contributed by atoms with Crippen LogP contribution in [0.1, 0.15) is 45.6 Å². The summed E-state index contributed by atoms with van der Waals surface area (Å²) in [6.45, 7) is 6.44. The van der Waals surface area contributed by atoms with E-state index in [1.807, 2.05) is 44.2 Å². The van der Waals surface area contributed by atoms with Gasteiger partial charge in [-0.25, -0.2) is 9.59 Å². The highest BCUT2D eigenvalue weighted by atomic mass is 16.6. The molecular weight excluding hydrogens is 306 g/mol. The smallest absolute Gasteiger partial charge is 0.410 e. The fraction of sp³-hybridized carbons (Fsp3) is 0.579. The molecule has 0 aromatic heterocycles. The molecule has 1 aromatic rings. The average Bonchev–Trinajstić information content (AvgIpc) is 2.57. The lowest BCUT2D eigenvalue weighted by atomic mass is 10.0. The Morgan fingerprint density at radius 2 is 1.75 bits per heavy atom. The molecule has 5 heteroatoms. The Labute approximate surface area is 144 Å². The van der Waals surface area contributed by atoms with Crippen molar-refractivity contribution in [2.45, 2.75) is 52.7 Å². The second-order valence-electron chi connectivity index (χ2n) is 6.21. The van der Waals surface area contributed by atoms with Gasteiger partial charge in [-0.3, -0.25) is 4.90 Å². The van der Waals surface area contributed by atoms with Crippen molar-refractivity contribution >= 4 is 12.1 Å². The summed E-state index contributed by atoms with van der Waals surface area (Å²) in [6.07, 6.45) is 2.41. The van der Waals surface area contributed by atoms with E-state index in [4.69, 9.17) is 9.47 Å². The van der Waals surface area contributed by atoms with E-state index in [0.29, 0.717) is 6.61 Å². The third-order valence-corrected chi connectivity index (χ3v) is 3.78. The maximum Gasteiger partial charge on any atom is 0.410 e. The molecule has 1 rings (SSSR count). The number of rotatable bonds is 9. The van der Waals surface area contributed by atoms with Crippen LogP contribution in [-0.2, 0) is 20.9 Å². The van der Waals surface area contributed by atoms with Gasteiger partial charge >= 0.3 is 12.1 Å². The standard InChI is InChI=1S/C19H29NO4/c1-5-6-10-13-23-18(21)17(15(2)3)20(4)19(22)24-14-16-11-8-7-9-12-16/h7-9,11-12,15,17H,5-6,10,13-14H2,1-4H3. The number of carbonyl (C=O) groups excluding carboxylic acids is 2. The van der Waals surface area contributed by atoms with Gasteiger partial charge in [0.2, 0.25) is 0 Å². The topological polar surface area (TPSA) is 55.8 Å². The Balaban J connectivity index is 2.56. The quantitative estimate of drug-likeness (QED) is 0.505. The summed E-state index contributed by atoms with van der Waals surface area (Å²) in [6, 6.07) is 8.80. The van der Waals surface area contributed by atoms with Crippen LogP contribution in [0.25, 0.3) is 0 Å². The molecule has 0 saturated carbocycles. The Kier molecular flexibility index (Phi) is 8.90. The number of unbranched alkanes of at least 4 members (excludes halogenated alkanes) is 2. The van der Waals surface area contributed by atoms with Gasteiger partial charge in [0.25, 0.3) is 0 Å². The van der Waals surface area contributed by atoms with Crippen LogP contribution in [0.4, 0.5) is 4.79 Å². The zero-order valence-corrected chi connectivity index (χ0v) is 15.2. The highest BCUT2D eigenvalue weighted by molar-refractivity contribution is 5.81. The lowest BCUT2D eigenvalue weighted by Crippen LogP contribution is -2.46. The molecule has 0 aliphatic rings. The first kappa shape index (κ1) is 20.0. The van der Waals surface area contributed by atoms with Crippen LogP contribution in [0.5, 0.6) is 0 Å². The fourth-order valence-electron chi connectivity index (χ4n) is 2.42. The van der Waals surface area contributed by atoms with Crippen LogP contribution < -0.4 is 0 Å². The van der Waals surface area contributed by atoms with Crippen LogP contribution in [0.15, 0.2) is 30.3 Å². The molecule has 0 aliphatic heterocycles. The van der Waals surface area contributed by atoms with Gasteiger partial charge in [0.05, 0.1) is 6.61 Å². The summed E-state index contributed by atoms with van der Waals surface area (Å²) >= 11 is 0. The molecule has 1 unspecified atom stereocenters. The maximum atomic E-state index is 12.3.